The lowest BCUT2D eigenvalue weighted by molar-refractivity contribution is -0.140. The number of aliphatic hydroxyl groups is 1. The van der Waals surface area contributed by atoms with Gasteiger partial charge in [0.1, 0.15) is 5.60 Å². The molecule has 0 radical (unpaired) electrons. The molecule has 1 atom stereocenters. The summed E-state index contributed by atoms with van der Waals surface area (Å²) in [7, 11) is 1.49. The predicted molar refractivity (Wildman–Crippen MR) is 70.3 cm³/mol. The van der Waals surface area contributed by atoms with Crippen LogP contribution in [0.4, 0.5) is 0 Å². The van der Waals surface area contributed by atoms with Crippen molar-refractivity contribution in [2.75, 3.05) is 13.7 Å². The van der Waals surface area contributed by atoms with Crippen molar-refractivity contribution in [3.8, 4) is 0 Å². The molecule has 0 fully saturated rings. The fourth-order valence-electron chi connectivity index (χ4n) is 1.51. The smallest absolute Gasteiger partial charge is 0.251 e. The molecule has 1 aromatic rings. The lowest BCUT2D eigenvalue weighted by Gasteiger charge is -2.25. The molecular formula is C14H21NO3. The molecule has 0 aliphatic carbocycles. The summed E-state index contributed by atoms with van der Waals surface area (Å²) in [5.74, 6) is -0.222. The first-order chi connectivity index (χ1) is 8.49. The molecule has 1 rings (SSSR count). The standard InChI is InChI=1S/C14H21NO3/c1-14(2,18-3)13(17)15-12(10-16)9-11-7-5-4-6-8-11/h4-8,12,16H,9-10H2,1-3H3,(H,15,17)/t12-/m0/s1. The number of carbonyl (C=O) groups is 1. The van der Waals surface area contributed by atoms with Crippen LogP contribution in [0.25, 0.3) is 0 Å². The molecule has 0 aromatic heterocycles. The number of ether oxygens (including phenoxy) is 1. The Bertz CT molecular complexity index is 376. The molecule has 4 nitrogen and oxygen atoms in total. The van der Waals surface area contributed by atoms with Crippen molar-refractivity contribution < 1.29 is 14.6 Å². The Kier molecular flexibility index (Phi) is 5.31. The second kappa shape index (κ2) is 6.52. The maximum Gasteiger partial charge on any atom is 0.251 e. The Morgan fingerprint density at radius 1 is 1.39 bits per heavy atom. The van der Waals surface area contributed by atoms with Gasteiger partial charge in [-0.2, -0.15) is 0 Å². The number of aliphatic hydroxyl groups excluding tert-OH is 1. The van der Waals surface area contributed by atoms with Crippen molar-refractivity contribution in [1.29, 1.82) is 0 Å². The lowest BCUT2D eigenvalue weighted by Crippen LogP contribution is -2.49. The second-order valence-electron chi connectivity index (χ2n) is 4.76. The van der Waals surface area contributed by atoms with Crippen LogP contribution in [0.15, 0.2) is 30.3 Å². The topological polar surface area (TPSA) is 58.6 Å². The first kappa shape index (κ1) is 14.7. The van der Waals surface area contributed by atoms with E-state index in [9.17, 15) is 9.90 Å². The lowest BCUT2D eigenvalue weighted by atomic mass is 10.0. The van der Waals surface area contributed by atoms with Gasteiger partial charge in [-0.1, -0.05) is 30.3 Å². The summed E-state index contributed by atoms with van der Waals surface area (Å²) >= 11 is 0. The van der Waals surface area contributed by atoms with Crippen molar-refractivity contribution in [3.63, 3.8) is 0 Å². The zero-order chi connectivity index (χ0) is 13.6. The van der Waals surface area contributed by atoms with Crippen molar-refractivity contribution in [2.24, 2.45) is 0 Å². The molecule has 0 saturated carbocycles. The van der Waals surface area contributed by atoms with Crippen LogP contribution in [0.3, 0.4) is 0 Å². The Morgan fingerprint density at radius 2 is 2.00 bits per heavy atom. The SMILES string of the molecule is COC(C)(C)C(=O)N[C@H](CO)Cc1ccccc1. The van der Waals surface area contributed by atoms with Gasteiger partial charge in [0, 0.05) is 7.11 Å². The number of methoxy groups -OCH3 is 1. The summed E-state index contributed by atoms with van der Waals surface area (Å²) in [6.45, 7) is 3.29. The number of carbonyl (C=O) groups excluding carboxylic acids is 1. The van der Waals surface area contributed by atoms with E-state index in [0.717, 1.165) is 5.56 Å². The minimum absolute atomic E-state index is 0.0968. The maximum atomic E-state index is 11.9. The van der Waals surface area contributed by atoms with Gasteiger partial charge in [0.15, 0.2) is 0 Å². The molecule has 1 aromatic carbocycles. The molecule has 2 N–H and O–H groups in total. The minimum atomic E-state index is -0.885. The van der Waals surface area contributed by atoms with Crippen molar-refractivity contribution in [1.82, 2.24) is 5.32 Å². The van der Waals surface area contributed by atoms with Gasteiger partial charge in [-0.3, -0.25) is 4.79 Å². The second-order valence-corrected chi connectivity index (χ2v) is 4.76. The van der Waals surface area contributed by atoms with E-state index >= 15 is 0 Å². The number of amides is 1. The summed E-state index contributed by atoms with van der Waals surface area (Å²) < 4.78 is 5.10. The third kappa shape index (κ3) is 4.13. The monoisotopic (exact) mass is 251 g/mol. The van der Waals surface area contributed by atoms with Crippen LogP contribution in [-0.2, 0) is 16.0 Å². The summed E-state index contributed by atoms with van der Waals surface area (Å²) in [5, 5.41) is 12.1. The Hall–Kier alpha value is -1.39. The van der Waals surface area contributed by atoms with Gasteiger partial charge >= 0.3 is 0 Å². The molecule has 0 aliphatic heterocycles. The Balaban J connectivity index is 2.60. The number of rotatable bonds is 6. The van der Waals surface area contributed by atoms with Crippen molar-refractivity contribution in [3.05, 3.63) is 35.9 Å². The highest BCUT2D eigenvalue weighted by Crippen LogP contribution is 2.09. The molecule has 0 heterocycles. The first-order valence-electron chi connectivity index (χ1n) is 6.00. The molecule has 4 heteroatoms. The van der Waals surface area contributed by atoms with Crippen LogP contribution < -0.4 is 5.32 Å². The van der Waals surface area contributed by atoms with Gasteiger partial charge < -0.3 is 15.2 Å². The fourth-order valence-corrected chi connectivity index (χ4v) is 1.51. The summed E-state index contributed by atoms with van der Waals surface area (Å²) in [5.41, 5.74) is 0.191. The minimum Gasteiger partial charge on any atom is -0.394 e. The largest absolute Gasteiger partial charge is 0.394 e. The Labute approximate surface area is 108 Å². The van der Waals surface area contributed by atoms with Crippen LogP contribution in [0.5, 0.6) is 0 Å². The summed E-state index contributed by atoms with van der Waals surface area (Å²) in [6.07, 6.45) is 0.600. The highest BCUT2D eigenvalue weighted by atomic mass is 16.5. The van der Waals surface area contributed by atoms with Crippen LogP contribution >= 0.6 is 0 Å². The van der Waals surface area contributed by atoms with E-state index in [1.54, 1.807) is 13.8 Å². The average molecular weight is 251 g/mol. The van der Waals surface area contributed by atoms with Crippen LogP contribution in [0.2, 0.25) is 0 Å². The van der Waals surface area contributed by atoms with Gasteiger partial charge in [-0.15, -0.1) is 0 Å². The third-order valence-corrected chi connectivity index (χ3v) is 2.94. The summed E-state index contributed by atoms with van der Waals surface area (Å²) in [4.78, 5) is 11.9. The first-order valence-corrected chi connectivity index (χ1v) is 6.00. The van der Waals surface area contributed by atoms with E-state index in [1.165, 1.54) is 7.11 Å². The predicted octanol–water partition coefficient (Wildman–Crippen LogP) is 1.13. The van der Waals surface area contributed by atoms with E-state index in [1.807, 2.05) is 30.3 Å². The molecule has 18 heavy (non-hydrogen) atoms. The number of hydrogen-bond acceptors (Lipinski definition) is 3. The van der Waals surface area contributed by atoms with Crippen LogP contribution in [-0.4, -0.2) is 36.4 Å². The van der Waals surface area contributed by atoms with Gasteiger partial charge in [0.2, 0.25) is 0 Å². The molecule has 0 spiro atoms. The number of hydrogen-bond donors (Lipinski definition) is 2. The molecule has 100 valence electrons. The average Bonchev–Trinajstić information content (AvgIpc) is 2.38. The molecule has 0 saturated heterocycles. The third-order valence-electron chi connectivity index (χ3n) is 2.94. The van der Waals surface area contributed by atoms with E-state index in [4.69, 9.17) is 4.74 Å². The number of nitrogens with one attached hydrogen (secondary N) is 1. The molecular weight excluding hydrogens is 230 g/mol. The normalized spacial score (nSPS) is 13.1. The quantitative estimate of drug-likeness (QED) is 0.797. The molecule has 0 unspecified atom stereocenters. The summed E-state index contributed by atoms with van der Waals surface area (Å²) in [6, 6.07) is 9.45. The van der Waals surface area contributed by atoms with Crippen molar-refractivity contribution in [2.45, 2.75) is 31.9 Å². The van der Waals surface area contributed by atoms with Gasteiger partial charge in [-0.25, -0.2) is 0 Å². The van der Waals surface area contributed by atoms with Crippen LogP contribution in [0, 0.1) is 0 Å². The zero-order valence-corrected chi connectivity index (χ0v) is 11.1. The number of benzene rings is 1. The van der Waals surface area contributed by atoms with Crippen LogP contribution in [0.1, 0.15) is 19.4 Å². The highest BCUT2D eigenvalue weighted by molar-refractivity contribution is 5.84. The maximum absolute atomic E-state index is 11.9. The molecule has 0 bridgehead atoms. The van der Waals surface area contributed by atoms with E-state index in [2.05, 4.69) is 5.32 Å². The highest BCUT2D eigenvalue weighted by Gasteiger charge is 2.28. The van der Waals surface area contributed by atoms with E-state index in [-0.39, 0.29) is 18.6 Å². The fraction of sp³-hybridized carbons (Fsp3) is 0.500. The van der Waals surface area contributed by atoms with Crippen molar-refractivity contribution >= 4 is 5.91 Å². The zero-order valence-electron chi connectivity index (χ0n) is 11.1. The van der Waals surface area contributed by atoms with Gasteiger partial charge in [0.05, 0.1) is 12.6 Å². The van der Waals surface area contributed by atoms with Gasteiger partial charge in [0.25, 0.3) is 5.91 Å². The Morgan fingerprint density at radius 3 is 2.50 bits per heavy atom. The van der Waals surface area contributed by atoms with Gasteiger partial charge in [-0.05, 0) is 25.8 Å². The van der Waals surface area contributed by atoms with E-state index < -0.39 is 5.60 Å². The molecule has 1 amide bonds. The van der Waals surface area contributed by atoms with E-state index in [0.29, 0.717) is 6.42 Å². The molecule has 0 aliphatic rings.